The number of benzene rings is 1. The molecule has 2 heterocycles. The fourth-order valence-corrected chi connectivity index (χ4v) is 2.88. The SMILES string of the molecule is O=C(ON1CC[C@H](c2ccccc2)C1)N1CCCC1. The first-order chi connectivity index (χ1) is 9.33. The number of carbonyl (C=O) groups is 1. The molecule has 0 N–H and O–H groups in total. The first-order valence-electron chi connectivity index (χ1n) is 7.10. The third kappa shape index (κ3) is 2.89. The van der Waals surface area contributed by atoms with Crippen LogP contribution in [0.15, 0.2) is 30.3 Å². The Balaban J connectivity index is 1.53. The van der Waals surface area contributed by atoms with E-state index in [0.717, 1.165) is 45.4 Å². The minimum absolute atomic E-state index is 0.175. The lowest BCUT2D eigenvalue weighted by Crippen LogP contribution is -2.34. The Hall–Kier alpha value is -1.55. The first-order valence-corrected chi connectivity index (χ1v) is 7.10. The van der Waals surface area contributed by atoms with Gasteiger partial charge in [0.15, 0.2) is 0 Å². The van der Waals surface area contributed by atoms with E-state index in [2.05, 4.69) is 24.3 Å². The molecule has 2 aliphatic rings. The monoisotopic (exact) mass is 260 g/mol. The van der Waals surface area contributed by atoms with Crippen LogP contribution in [0.5, 0.6) is 0 Å². The average molecular weight is 260 g/mol. The maximum Gasteiger partial charge on any atom is 0.428 e. The fraction of sp³-hybridized carbons (Fsp3) is 0.533. The topological polar surface area (TPSA) is 32.8 Å². The Morgan fingerprint density at radius 2 is 1.84 bits per heavy atom. The van der Waals surface area contributed by atoms with Crippen molar-refractivity contribution in [1.29, 1.82) is 0 Å². The summed E-state index contributed by atoms with van der Waals surface area (Å²) in [6.45, 7) is 3.33. The van der Waals surface area contributed by atoms with Crippen molar-refractivity contribution in [3.05, 3.63) is 35.9 Å². The number of hydrogen-bond acceptors (Lipinski definition) is 3. The summed E-state index contributed by atoms with van der Waals surface area (Å²) in [5.41, 5.74) is 1.34. The van der Waals surface area contributed by atoms with Crippen molar-refractivity contribution in [2.24, 2.45) is 0 Å². The van der Waals surface area contributed by atoms with Crippen molar-refractivity contribution in [3.8, 4) is 0 Å². The molecule has 1 atom stereocenters. The van der Waals surface area contributed by atoms with Gasteiger partial charge in [0.05, 0.1) is 0 Å². The third-order valence-corrected chi connectivity index (χ3v) is 3.99. The van der Waals surface area contributed by atoms with Crippen molar-refractivity contribution in [1.82, 2.24) is 9.96 Å². The highest BCUT2D eigenvalue weighted by molar-refractivity contribution is 5.67. The van der Waals surface area contributed by atoms with E-state index in [1.54, 1.807) is 4.90 Å². The molecule has 2 saturated heterocycles. The van der Waals surface area contributed by atoms with Crippen molar-refractivity contribution < 1.29 is 9.63 Å². The normalized spacial score (nSPS) is 23.8. The highest BCUT2D eigenvalue weighted by atomic mass is 16.7. The van der Waals surface area contributed by atoms with Gasteiger partial charge in [-0.25, -0.2) is 4.79 Å². The fourth-order valence-electron chi connectivity index (χ4n) is 2.88. The van der Waals surface area contributed by atoms with Crippen LogP contribution >= 0.6 is 0 Å². The van der Waals surface area contributed by atoms with Crippen molar-refractivity contribution >= 4 is 6.09 Å². The van der Waals surface area contributed by atoms with E-state index < -0.39 is 0 Å². The van der Waals surface area contributed by atoms with Gasteiger partial charge in [0.25, 0.3) is 0 Å². The molecule has 1 aromatic rings. The Kier molecular flexibility index (Phi) is 3.69. The van der Waals surface area contributed by atoms with Crippen LogP contribution in [-0.2, 0) is 4.84 Å². The quantitative estimate of drug-likeness (QED) is 0.819. The second-order valence-corrected chi connectivity index (χ2v) is 5.34. The third-order valence-electron chi connectivity index (χ3n) is 3.99. The number of likely N-dealkylation sites (tertiary alicyclic amines) is 1. The molecule has 0 bridgehead atoms. The van der Waals surface area contributed by atoms with Crippen LogP contribution in [0.25, 0.3) is 0 Å². The molecule has 19 heavy (non-hydrogen) atoms. The molecule has 0 aromatic heterocycles. The molecule has 1 amide bonds. The Labute approximate surface area is 113 Å². The predicted octanol–water partition coefficient (Wildman–Crippen LogP) is 2.62. The van der Waals surface area contributed by atoms with Crippen LogP contribution < -0.4 is 0 Å². The van der Waals surface area contributed by atoms with Crippen LogP contribution in [0, 0.1) is 0 Å². The molecule has 2 aliphatic heterocycles. The molecular weight excluding hydrogens is 240 g/mol. The summed E-state index contributed by atoms with van der Waals surface area (Å²) >= 11 is 0. The van der Waals surface area contributed by atoms with Crippen LogP contribution in [-0.4, -0.2) is 42.2 Å². The zero-order valence-electron chi connectivity index (χ0n) is 11.1. The van der Waals surface area contributed by atoms with E-state index in [9.17, 15) is 4.79 Å². The molecule has 0 aliphatic carbocycles. The van der Waals surface area contributed by atoms with Crippen molar-refractivity contribution in [3.63, 3.8) is 0 Å². The van der Waals surface area contributed by atoms with Crippen LogP contribution in [0.2, 0.25) is 0 Å². The maximum atomic E-state index is 11.9. The summed E-state index contributed by atoms with van der Waals surface area (Å²) in [6.07, 6.45) is 3.08. The van der Waals surface area contributed by atoms with E-state index in [4.69, 9.17) is 4.84 Å². The van der Waals surface area contributed by atoms with Gasteiger partial charge in [0.2, 0.25) is 0 Å². The number of hydroxylamine groups is 2. The summed E-state index contributed by atoms with van der Waals surface area (Å²) < 4.78 is 0. The highest BCUT2D eigenvalue weighted by Gasteiger charge is 2.28. The minimum atomic E-state index is -0.175. The lowest BCUT2D eigenvalue weighted by molar-refractivity contribution is -0.0938. The van der Waals surface area contributed by atoms with E-state index >= 15 is 0 Å². The average Bonchev–Trinajstić information content (AvgIpc) is 3.11. The first kappa shape index (κ1) is 12.5. The number of nitrogens with zero attached hydrogens (tertiary/aromatic N) is 2. The van der Waals surface area contributed by atoms with E-state index in [1.807, 2.05) is 11.1 Å². The maximum absolute atomic E-state index is 11.9. The lowest BCUT2D eigenvalue weighted by Gasteiger charge is -2.20. The van der Waals surface area contributed by atoms with Gasteiger partial charge in [-0.05, 0) is 24.8 Å². The van der Waals surface area contributed by atoms with Gasteiger partial charge < -0.3 is 9.74 Å². The number of amides is 1. The van der Waals surface area contributed by atoms with Gasteiger partial charge in [-0.15, -0.1) is 5.06 Å². The summed E-state index contributed by atoms with van der Waals surface area (Å²) in [5, 5.41) is 1.82. The van der Waals surface area contributed by atoms with Gasteiger partial charge >= 0.3 is 6.09 Å². The summed E-state index contributed by atoms with van der Waals surface area (Å²) in [5.74, 6) is 0.479. The van der Waals surface area contributed by atoms with Gasteiger partial charge in [-0.2, -0.15) is 0 Å². The highest BCUT2D eigenvalue weighted by Crippen LogP contribution is 2.27. The number of carbonyl (C=O) groups excluding carboxylic acids is 1. The van der Waals surface area contributed by atoms with Crippen molar-refractivity contribution in [2.75, 3.05) is 26.2 Å². The summed E-state index contributed by atoms with van der Waals surface area (Å²) in [6, 6.07) is 10.5. The van der Waals surface area contributed by atoms with Crippen LogP contribution in [0.3, 0.4) is 0 Å². The Bertz CT molecular complexity index is 429. The Morgan fingerprint density at radius 3 is 2.58 bits per heavy atom. The smallest absolute Gasteiger partial charge is 0.351 e. The van der Waals surface area contributed by atoms with Gasteiger partial charge in [-0.1, -0.05) is 30.3 Å². The molecular formula is C15H20N2O2. The zero-order valence-corrected chi connectivity index (χ0v) is 11.1. The predicted molar refractivity (Wildman–Crippen MR) is 72.7 cm³/mol. The lowest BCUT2D eigenvalue weighted by atomic mass is 9.99. The molecule has 0 saturated carbocycles. The summed E-state index contributed by atoms with van der Waals surface area (Å²) in [7, 11) is 0. The van der Waals surface area contributed by atoms with Gasteiger partial charge in [0.1, 0.15) is 0 Å². The Morgan fingerprint density at radius 1 is 1.11 bits per heavy atom. The van der Waals surface area contributed by atoms with E-state index in [0.29, 0.717) is 5.92 Å². The molecule has 0 spiro atoms. The summed E-state index contributed by atoms with van der Waals surface area (Å²) in [4.78, 5) is 19.2. The molecule has 102 valence electrons. The second kappa shape index (κ2) is 5.61. The molecule has 4 heteroatoms. The van der Waals surface area contributed by atoms with E-state index in [-0.39, 0.29) is 6.09 Å². The van der Waals surface area contributed by atoms with Gasteiger partial charge in [0, 0.05) is 32.1 Å². The molecule has 1 aromatic carbocycles. The molecule has 0 unspecified atom stereocenters. The zero-order chi connectivity index (χ0) is 13.1. The molecule has 4 nitrogen and oxygen atoms in total. The standard InChI is InChI=1S/C15H20N2O2/c18-15(16-9-4-5-10-16)19-17-11-8-14(12-17)13-6-2-1-3-7-13/h1-3,6-7,14H,4-5,8-12H2/t14-/m0/s1. The minimum Gasteiger partial charge on any atom is -0.351 e. The molecule has 2 fully saturated rings. The molecule has 3 rings (SSSR count). The largest absolute Gasteiger partial charge is 0.428 e. The van der Waals surface area contributed by atoms with Crippen molar-refractivity contribution in [2.45, 2.75) is 25.2 Å². The number of hydrogen-bond donors (Lipinski definition) is 0. The van der Waals surface area contributed by atoms with Crippen LogP contribution in [0.4, 0.5) is 4.79 Å². The van der Waals surface area contributed by atoms with E-state index in [1.165, 1.54) is 5.56 Å². The second-order valence-electron chi connectivity index (χ2n) is 5.34. The molecule has 0 radical (unpaired) electrons. The van der Waals surface area contributed by atoms with Crippen LogP contribution in [0.1, 0.15) is 30.7 Å². The number of rotatable bonds is 2. The van der Waals surface area contributed by atoms with Gasteiger partial charge in [-0.3, -0.25) is 0 Å².